The standard InChI is InChI=1S/C40H53N7O4/c1-9-30(28-17-11-10-12-18-28)40(7,45-35(41)31-20-15-23-46(31)33(48)25-39(4,5)6)22-14-13-19-29-26-42-36(43-29)32-21-16-24-47(32)37(49)34(27(2)3)44-38(50)51-8/h9-12,17-18,26-27,31-32,34H,15-16,20-21,23-25H2,1-8H3,(H2,41,45)(H,42,43)(H,44,50)/b30-9-/t31-,32-,34-,40?/m0/s1. The molecule has 4 atom stereocenters. The highest BCUT2D eigenvalue weighted by atomic mass is 16.5. The molecular formula is C40H53N7O4. The van der Waals surface area contributed by atoms with Gasteiger partial charge in [-0.25, -0.2) is 14.8 Å². The molecule has 2 aliphatic rings. The second-order valence-corrected chi connectivity index (χ2v) is 14.9. The first-order valence-electron chi connectivity index (χ1n) is 17.8. The number of amidine groups is 1. The number of methoxy groups -OCH3 is 1. The highest BCUT2D eigenvalue weighted by molar-refractivity contribution is 5.93. The van der Waals surface area contributed by atoms with Crippen molar-refractivity contribution in [2.24, 2.45) is 22.1 Å². The Morgan fingerprint density at radius 2 is 1.78 bits per heavy atom. The Bertz CT molecular complexity index is 1750. The summed E-state index contributed by atoms with van der Waals surface area (Å²) in [5.74, 6) is 13.1. The monoisotopic (exact) mass is 695 g/mol. The van der Waals surface area contributed by atoms with Gasteiger partial charge in [-0.05, 0) is 79.8 Å². The minimum absolute atomic E-state index is 0.0812. The second kappa shape index (κ2) is 16.8. The number of aromatic nitrogens is 2. The van der Waals surface area contributed by atoms with Gasteiger partial charge >= 0.3 is 6.09 Å². The number of imidazole rings is 1. The fourth-order valence-electron chi connectivity index (χ4n) is 6.78. The number of allylic oxidation sites excluding steroid dienone is 1. The van der Waals surface area contributed by atoms with Gasteiger partial charge in [-0.3, -0.25) is 9.59 Å². The maximum atomic E-state index is 13.5. The van der Waals surface area contributed by atoms with E-state index in [1.807, 2.05) is 69.0 Å². The Morgan fingerprint density at radius 1 is 1.10 bits per heavy atom. The van der Waals surface area contributed by atoms with E-state index >= 15 is 0 Å². The van der Waals surface area contributed by atoms with Gasteiger partial charge in [0, 0.05) is 19.5 Å². The van der Waals surface area contributed by atoms with E-state index in [2.05, 4.69) is 59.7 Å². The van der Waals surface area contributed by atoms with E-state index in [9.17, 15) is 14.4 Å². The molecule has 2 fully saturated rings. The molecule has 1 aromatic carbocycles. The summed E-state index contributed by atoms with van der Waals surface area (Å²) in [5, 5.41) is 2.67. The molecule has 2 aromatic rings. The smallest absolute Gasteiger partial charge is 0.407 e. The fraction of sp³-hybridized carbons (Fsp3) is 0.525. The lowest BCUT2D eigenvalue weighted by molar-refractivity contribution is -0.135. The number of aliphatic imine (C=N–C) groups is 1. The average Bonchev–Trinajstić information content (AvgIpc) is 3.86. The average molecular weight is 696 g/mol. The van der Waals surface area contributed by atoms with E-state index in [1.165, 1.54) is 7.11 Å². The topological polar surface area (TPSA) is 146 Å². The minimum atomic E-state index is -1.05. The fourth-order valence-corrected chi connectivity index (χ4v) is 6.78. The Morgan fingerprint density at radius 3 is 2.43 bits per heavy atom. The van der Waals surface area contributed by atoms with Crippen LogP contribution in [0.5, 0.6) is 0 Å². The Hall–Kier alpha value is -5.03. The number of carbonyl (C=O) groups is 3. The molecule has 0 aliphatic carbocycles. The van der Waals surface area contributed by atoms with Crippen molar-refractivity contribution >= 4 is 29.3 Å². The van der Waals surface area contributed by atoms with Crippen LogP contribution in [-0.4, -0.2) is 81.3 Å². The quantitative estimate of drug-likeness (QED) is 0.181. The number of aromatic amines is 1. The zero-order valence-electron chi connectivity index (χ0n) is 31.3. The molecule has 4 rings (SSSR count). The zero-order chi connectivity index (χ0) is 37.3. The summed E-state index contributed by atoms with van der Waals surface area (Å²) < 4.78 is 4.74. The number of hydrogen-bond acceptors (Lipinski definition) is 6. The van der Waals surface area contributed by atoms with Crippen LogP contribution in [0.1, 0.15) is 104 Å². The first-order chi connectivity index (χ1) is 24.2. The van der Waals surface area contributed by atoms with Gasteiger partial charge in [-0.1, -0.05) is 76.9 Å². The number of ether oxygens (including phenoxy) is 1. The number of nitrogens with two attached hydrogens (primary N) is 1. The number of H-pyrrole nitrogens is 1. The number of hydrogen-bond donors (Lipinski definition) is 3. The molecule has 2 saturated heterocycles. The molecule has 51 heavy (non-hydrogen) atoms. The van der Waals surface area contributed by atoms with Crippen molar-refractivity contribution in [2.45, 2.75) is 104 Å². The molecule has 11 heteroatoms. The number of benzene rings is 1. The highest BCUT2D eigenvalue weighted by Crippen LogP contribution is 2.33. The number of rotatable bonds is 9. The van der Waals surface area contributed by atoms with E-state index in [0.29, 0.717) is 36.9 Å². The van der Waals surface area contributed by atoms with Crippen LogP contribution < -0.4 is 11.1 Å². The third kappa shape index (κ3) is 9.82. The number of nitrogens with one attached hydrogen (secondary N) is 2. The lowest BCUT2D eigenvalue weighted by Gasteiger charge is -2.30. The van der Waals surface area contributed by atoms with Crippen molar-refractivity contribution in [2.75, 3.05) is 20.2 Å². The van der Waals surface area contributed by atoms with Crippen LogP contribution in [0.15, 0.2) is 47.6 Å². The van der Waals surface area contributed by atoms with Gasteiger partial charge in [-0.2, -0.15) is 0 Å². The van der Waals surface area contributed by atoms with Gasteiger partial charge < -0.3 is 30.6 Å². The Kier molecular flexibility index (Phi) is 12.8. The summed E-state index contributed by atoms with van der Waals surface area (Å²) in [5.41, 5.74) is 7.95. The van der Waals surface area contributed by atoms with Crippen molar-refractivity contribution < 1.29 is 19.1 Å². The van der Waals surface area contributed by atoms with Crippen molar-refractivity contribution in [3.63, 3.8) is 0 Å². The molecule has 0 spiro atoms. The maximum Gasteiger partial charge on any atom is 0.407 e. The molecule has 3 amide bonds. The van der Waals surface area contributed by atoms with Crippen LogP contribution in [0.4, 0.5) is 4.79 Å². The van der Waals surface area contributed by atoms with E-state index in [1.54, 1.807) is 11.1 Å². The summed E-state index contributed by atoms with van der Waals surface area (Å²) in [7, 11) is 1.28. The summed E-state index contributed by atoms with van der Waals surface area (Å²) in [6.45, 7) is 15.0. The maximum absolute atomic E-state index is 13.5. The molecule has 0 radical (unpaired) electrons. The molecule has 1 aromatic heterocycles. The summed E-state index contributed by atoms with van der Waals surface area (Å²) >= 11 is 0. The normalized spacial score (nSPS) is 19.8. The summed E-state index contributed by atoms with van der Waals surface area (Å²) in [4.78, 5) is 55.2. The summed E-state index contributed by atoms with van der Waals surface area (Å²) in [6, 6.07) is 8.65. The van der Waals surface area contributed by atoms with Crippen LogP contribution >= 0.6 is 0 Å². The van der Waals surface area contributed by atoms with Gasteiger partial charge in [0.15, 0.2) is 0 Å². The summed E-state index contributed by atoms with van der Waals surface area (Å²) in [6.07, 6.45) is 6.58. The van der Waals surface area contributed by atoms with E-state index in [4.69, 9.17) is 15.5 Å². The number of likely N-dealkylation sites (tertiary alicyclic amines) is 2. The van der Waals surface area contributed by atoms with Crippen molar-refractivity contribution in [1.29, 1.82) is 0 Å². The van der Waals surface area contributed by atoms with Gasteiger partial charge in [0.2, 0.25) is 11.8 Å². The lowest BCUT2D eigenvalue weighted by Crippen LogP contribution is -2.51. The first kappa shape index (κ1) is 38.8. The second-order valence-electron chi connectivity index (χ2n) is 14.9. The number of nitrogens with zero attached hydrogens (tertiary/aromatic N) is 4. The highest BCUT2D eigenvalue weighted by Gasteiger charge is 2.38. The van der Waals surface area contributed by atoms with Crippen LogP contribution in [0.2, 0.25) is 0 Å². The van der Waals surface area contributed by atoms with Crippen molar-refractivity contribution in [3.8, 4) is 23.7 Å². The van der Waals surface area contributed by atoms with E-state index < -0.39 is 17.7 Å². The molecular weight excluding hydrogens is 642 g/mol. The van der Waals surface area contributed by atoms with E-state index in [-0.39, 0.29) is 35.2 Å². The molecule has 272 valence electrons. The Balaban J connectivity index is 1.60. The minimum Gasteiger partial charge on any atom is -0.453 e. The number of alkyl carbamates (subject to hydrolysis) is 1. The number of amides is 3. The zero-order valence-corrected chi connectivity index (χ0v) is 31.3. The SMILES string of the molecule is C/C=C(/c1ccccc1)C(C)(C#CC#Cc1cnc([C@@H]2CCCN2C(=O)[C@@H](NC(=O)OC)C(C)C)[nH]1)N=C(N)[C@@H]1CCCN1C(=O)CC(C)(C)C. The van der Waals surface area contributed by atoms with Crippen LogP contribution in [-0.2, 0) is 14.3 Å². The molecule has 3 heterocycles. The third-order valence-electron chi connectivity index (χ3n) is 9.25. The van der Waals surface area contributed by atoms with Gasteiger partial charge in [0.05, 0.1) is 25.4 Å². The van der Waals surface area contributed by atoms with Gasteiger partial charge in [0.1, 0.15) is 28.9 Å². The predicted molar refractivity (Wildman–Crippen MR) is 200 cm³/mol. The molecule has 0 saturated carbocycles. The molecule has 2 aliphatic heterocycles. The Labute approximate surface area is 302 Å². The predicted octanol–water partition coefficient (Wildman–Crippen LogP) is 5.46. The van der Waals surface area contributed by atoms with Gasteiger partial charge in [0.25, 0.3) is 0 Å². The molecule has 1 unspecified atom stereocenters. The van der Waals surface area contributed by atoms with Crippen LogP contribution in [0.25, 0.3) is 5.57 Å². The first-order valence-corrected chi connectivity index (χ1v) is 17.8. The third-order valence-corrected chi connectivity index (χ3v) is 9.25. The molecule has 4 N–H and O–H groups in total. The van der Waals surface area contributed by atoms with Crippen molar-refractivity contribution in [3.05, 3.63) is 59.7 Å². The van der Waals surface area contributed by atoms with Crippen molar-refractivity contribution in [1.82, 2.24) is 25.1 Å². The van der Waals surface area contributed by atoms with Crippen LogP contribution in [0, 0.1) is 35.0 Å². The number of carbonyl (C=O) groups excluding carboxylic acids is 3. The van der Waals surface area contributed by atoms with E-state index in [0.717, 1.165) is 36.8 Å². The van der Waals surface area contributed by atoms with Gasteiger partial charge in [-0.15, -0.1) is 0 Å². The lowest BCUT2D eigenvalue weighted by atomic mass is 9.87. The molecule has 0 bridgehead atoms. The largest absolute Gasteiger partial charge is 0.453 e. The van der Waals surface area contributed by atoms with Crippen LogP contribution in [0.3, 0.4) is 0 Å². The molecule has 11 nitrogen and oxygen atoms in total.